The van der Waals surface area contributed by atoms with Gasteiger partial charge in [0, 0.05) is 19.6 Å². The number of rotatable bonds is 11. The minimum Gasteiger partial charge on any atom is -0.493 e. The Hall–Kier alpha value is -1.67. The Balaban J connectivity index is 2.03. The van der Waals surface area contributed by atoms with Gasteiger partial charge in [-0.3, -0.25) is 10.00 Å². The Bertz CT molecular complexity index is 617. The normalized spacial score (nSPS) is 12.9. The lowest BCUT2D eigenvalue weighted by atomic mass is 10.1. The van der Waals surface area contributed by atoms with Crippen molar-refractivity contribution < 1.29 is 14.9 Å². The molecule has 2 aromatic rings. The van der Waals surface area contributed by atoms with Crippen molar-refractivity contribution in [2.45, 2.75) is 25.5 Å². The number of ether oxygens (including phenoxy) is 1. The van der Waals surface area contributed by atoms with Gasteiger partial charge in [-0.1, -0.05) is 6.07 Å². The average molecular weight is 336 g/mol. The fourth-order valence-electron chi connectivity index (χ4n) is 2.57. The summed E-state index contributed by atoms with van der Waals surface area (Å²) in [4.78, 5) is 2.21. The monoisotopic (exact) mass is 336 g/mol. The van der Waals surface area contributed by atoms with Crippen LogP contribution >= 0.6 is 0 Å². The molecule has 1 aromatic carbocycles. The van der Waals surface area contributed by atoms with Gasteiger partial charge >= 0.3 is 0 Å². The quantitative estimate of drug-likeness (QED) is 0.452. The maximum atomic E-state index is 9.38. The number of likely N-dealkylation sites (N-methyl/N-ethyl adjacent to an activating group) is 2. The van der Waals surface area contributed by atoms with Crippen LogP contribution in [0.2, 0.25) is 0 Å². The molecule has 1 atom stereocenters. The van der Waals surface area contributed by atoms with Gasteiger partial charge in [0.25, 0.3) is 0 Å². The van der Waals surface area contributed by atoms with Crippen LogP contribution in [0.3, 0.4) is 0 Å². The lowest BCUT2D eigenvalue weighted by Gasteiger charge is -2.15. The minimum absolute atomic E-state index is 0.208. The predicted molar refractivity (Wildman–Crippen MR) is 94.2 cm³/mol. The number of nitrogens with zero attached hydrogens (tertiary/aromatic N) is 2. The third-order valence-corrected chi connectivity index (χ3v) is 3.94. The highest BCUT2D eigenvalue weighted by Crippen LogP contribution is 2.28. The van der Waals surface area contributed by atoms with Crippen molar-refractivity contribution in [2.75, 3.05) is 40.4 Å². The Labute approximate surface area is 142 Å². The fraction of sp³-hybridized carbons (Fsp3) is 0.588. The van der Waals surface area contributed by atoms with Gasteiger partial charge in [-0.15, -0.1) is 0 Å². The van der Waals surface area contributed by atoms with E-state index in [1.807, 2.05) is 25.2 Å². The van der Waals surface area contributed by atoms with Crippen LogP contribution in [-0.2, 0) is 6.54 Å². The molecule has 0 spiro atoms. The first kappa shape index (κ1) is 18.7. The second-order valence-electron chi connectivity index (χ2n) is 6.02. The standard InChI is InChI=1S/C17H28N4O3/c1-18-8-9-21(2)11-15-17-14(19-20-15)6-3-7-16(17)24-10-4-5-13(23)12-22/h3,6-7,13,18,22-23H,4-5,8-12H2,1-2H3,(H,19,20). The second kappa shape index (κ2) is 9.58. The Morgan fingerprint density at radius 3 is 3.00 bits per heavy atom. The summed E-state index contributed by atoms with van der Waals surface area (Å²) < 4.78 is 5.89. The van der Waals surface area contributed by atoms with Crippen LogP contribution in [0.4, 0.5) is 0 Å². The van der Waals surface area contributed by atoms with Crippen LogP contribution in [0.5, 0.6) is 5.75 Å². The number of benzene rings is 1. The van der Waals surface area contributed by atoms with Crippen LogP contribution in [0, 0.1) is 0 Å². The first-order chi connectivity index (χ1) is 11.7. The van der Waals surface area contributed by atoms with Gasteiger partial charge in [-0.25, -0.2) is 0 Å². The maximum absolute atomic E-state index is 9.38. The molecule has 2 rings (SSSR count). The lowest BCUT2D eigenvalue weighted by molar-refractivity contribution is 0.0828. The fourth-order valence-corrected chi connectivity index (χ4v) is 2.57. The predicted octanol–water partition coefficient (Wildman–Crippen LogP) is 0.726. The van der Waals surface area contributed by atoms with E-state index in [0.717, 1.165) is 42.0 Å². The molecule has 0 aliphatic rings. The molecule has 0 saturated heterocycles. The topological polar surface area (TPSA) is 93.6 Å². The van der Waals surface area contributed by atoms with Gasteiger partial charge in [-0.05, 0) is 39.1 Å². The molecule has 7 nitrogen and oxygen atoms in total. The third kappa shape index (κ3) is 5.17. The average Bonchev–Trinajstić information content (AvgIpc) is 3.00. The number of fused-ring (bicyclic) bond motifs is 1. The SMILES string of the molecule is CNCCN(C)Cc1n[nH]c2cccc(OCCCC(O)CO)c12. The summed E-state index contributed by atoms with van der Waals surface area (Å²) in [6.07, 6.45) is 0.542. The molecule has 0 aliphatic heterocycles. The van der Waals surface area contributed by atoms with Gasteiger partial charge in [-0.2, -0.15) is 5.10 Å². The van der Waals surface area contributed by atoms with E-state index >= 15 is 0 Å². The Kier molecular flexibility index (Phi) is 7.45. The highest BCUT2D eigenvalue weighted by Gasteiger charge is 2.13. The second-order valence-corrected chi connectivity index (χ2v) is 6.02. The van der Waals surface area contributed by atoms with Crippen molar-refractivity contribution in [3.05, 3.63) is 23.9 Å². The van der Waals surface area contributed by atoms with E-state index in [9.17, 15) is 5.11 Å². The highest BCUT2D eigenvalue weighted by atomic mass is 16.5. The van der Waals surface area contributed by atoms with Gasteiger partial charge in [0.15, 0.2) is 0 Å². The highest BCUT2D eigenvalue weighted by molar-refractivity contribution is 5.87. The number of H-pyrrole nitrogens is 1. The summed E-state index contributed by atoms with van der Waals surface area (Å²) in [5.74, 6) is 0.803. The van der Waals surface area contributed by atoms with E-state index in [2.05, 4.69) is 27.5 Å². The largest absolute Gasteiger partial charge is 0.493 e. The summed E-state index contributed by atoms with van der Waals surface area (Å²) in [5.41, 5.74) is 1.93. The molecular weight excluding hydrogens is 308 g/mol. The number of nitrogens with one attached hydrogen (secondary N) is 2. The molecule has 1 aromatic heterocycles. The molecule has 0 fully saturated rings. The van der Waals surface area contributed by atoms with Crippen LogP contribution in [0.1, 0.15) is 18.5 Å². The van der Waals surface area contributed by atoms with Crippen molar-refractivity contribution in [1.29, 1.82) is 0 Å². The van der Waals surface area contributed by atoms with Gasteiger partial charge in [0.2, 0.25) is 0 Å². The molecule has 7 heteroatoms. The van der Waals surface area contributed by atoms with E-state index in [-0.39, 0.29) is 6.61 Å². The number of hydrogen-bond acceptors (Lipinski definition) is 6. The summed E-state index contributed by atoms with van der Waals surface area (Å²) in [6.45, 7) is 2.89. The van der Waals surface area contributed by atoms with Crippen LogP contribution in [0.25, 0.3) is 10.9 Å². The molecule has 0 saturated carbocycles. The van der Waals surface area contributed by atoms with Gasteiger partial charge in [0.05, 0.1) is 35.9 Å². The Morgan fingerprint density at radius 2 is 2.25 bits per heavy atom. The minimum atomic E-state index is -0.672. The van der Waals surface area contributed by atoms with E-state index in [0.29, 0.717) is 19.4 Å². The van der Waals surface area contributed by atoms with Crippen LogP contribution in [0.15, 0.2) is 18.2 Å². The van der Waals surface area contributed by atoms with Crippen molar-refractivity contribution in [1.82, 2.24) is 20.4 Å². The molecule has 24 heavy (non-hydrogen) atoms. The zero-order valence-corrected chi connectivity index (χ0v) is 14.5. The zero-order chi connectivity index (χ0) is 17.4. The third-order valence-electron chi connectivity index (χ3n) is 3.94. The molecule has 1 unspecified atom stereocenters. The van der Waals surface area contributed by atoms with Crippen molar-refractivity contribution in [3.63, 3.8) is 0 Å². The lowest BCUT2D eigenvalue weighted by Crippen LogP contribution is -2.27. The zero-order valence-electron chi connectivity index (χ0n) is 14.5. The van der Waals surface area contributed by atoms with Gasteiger partial charge in [0.1, 0.15) is 5.75 Å². The van der Waals surface area contributed by atoms with E-state index < -0.39 is 6.10 Å². The molecule has 4 N–H and O–H groups in total. The summed E-state index contributed by atoms with van der Waals surface area (Å²) >= 11 is 0. The van der Waals surface area contributed by atoms with Crippen LogP contribution in [-0.4, -0.2) is 71.8 Å². The van der Waals surface area contributed by atoms with Crippen molar-refractivity contribution in [3.8, 4) is 5.75 Å². The number of aliphatic hydroxyl groups excluding tert-OH is 2. The first-order valence-corrected chi connectivity index (χ1v) is 8.36. The van der Waals surface area contributed by atoms with E-state index in [1.54, 1.807) is 0 Å². The molecule has 0 amide bonds. The molecular formula is C17H28N4O3. The molecule has 0 radical (unpaired) electrons. The number of aliphatic hydroxyl groups is 2. The maximum Gasteiger partial charge on any atom is 0.130 e. The van der Waals surface area contributed by atoms with E-state index in [1.165, 1.54) is 0 Å². The summed E-state index contributed by atoms with van der Waals surface area (Å²) in [6, 6.07) is 5.87. The molecule has 1 heterocycles. The number of aromatic amines is 1. The number of hydrogen-bond donors (Lipinski definition) is 4. The molecule has 134 valence electrons. The molecule has 0 aliphatic carbocycles. The summed E-state index contributed by atoms with van der Waals surface area (Å²) in [7, 11) is 4.01. The van der Waals surface area contributed by atoms with Gasteiger partial charge < -0.3 is 20.3 Å². The number of aromatic nitrogens is 2. The van der Waals surface area contributed by atoms with Crippen LogP contribution < -0.4 is 10.1 Å². The van der Waals surface area contributed by atoms with Crippen molar-refractivity contribution in [2.24, 2.45) is 0 Å². The smallest absolute Gasteiger partial charge is 0.130 e. The summed E-state index contributed by atoms with van der Waals surface area (Å²) in [5, 5.41) is 29.9. The Morgan fingerprint density at radius 1 is 1.42 bits per heavy atom. The first-order valence-electron chi connectivity index (χ1n) is 8.36. The van der Waals surface area contributed by atoms with E-state index in [4.69, 9.17) is 9.84 Å². The molecule has 0 bridgehead atoms. The van der Waals surface area contributed by atoms with Crippen molar-refractivity contribution >= 4 is 10.9 Å².